The average molecular weight is 388 g/mol. The zero-order chi connectivity index (χ0) is 16.1. The molecule has 24 heavy (non-hydrogen) atoms. The van der Waals surface area contributed by atoms with Gasteiger partial charge < -0.3 is 9.64 Å². The van der Waals surface area contributed by atoms with Gasteiger partial charge in [-0.3, -0.25) is 9.88 Å². The van der Waals surface area contributed by atoms with Crippen molar-refractivity contribution < 1.29 is 4.74 Å². The molecule has 2 saturated heterocycles. The molecule has 2 atom stereocenters. The first kappa shape index (κ1) is 14.8. The van der Waals surface area contributed by atoms with Gasteiger partial charge in [0.25, 0.3) is 0 Å². The Kier molecular flexibility index (Phi) is 3.39. The fourth-order valence-electron chi connectivity index (χ4n) is 4.07. The molecule has 1 N–H and O–H groups in total. The van der Waals surface area contributed by atoms with Crippen LogP contribution in [0.3, 0.4) is 0 Å². The van der Waals surface area contributed by atoms with E-state index in [0.29, 0.717) is 0 Å². The molecule has 0 spiro atoms. The van der Waals surface area contributed by atoms with Crippen molar-refractivity contribution in [2.75, 3.05) is 31.3 Å². The number of pyridine rings is 1. The van der Waals surface area contributed by atoms with E-state index in [-0.39, 0.29) is 11.9 Å². The second-order valence-corrected chi connectivity index (χ2v) is 7.25. The van der Waals surface area contributed by atoms with Gasteiger partial charge in [0.15, 0.2) is 0 Å². The normalized spacial score (nSPS) is 29.9. The van der Waals surface area contributed by atoms with Crippen LogP contribution in [0.1, 0.15) is 17.4 Å². The van der Waals surface area contributed by atoms with Crippen LogP contribution in [-0.2, 0) is 10.4 Å². The Morgan fingerprint density at radius 1 is 1.21 bits per heavy atom. The van der Waals surface area contributed by atoms with E-state index in [9.17, 15) is 0 Å². The number of ether oxygens (including phenoxy) is 1. The Morgan fingerprint density at radius 2 is 2.04 bits per heavy atom. The van der Waals surface area contributed by atoms with Crippen LogP contribution in [0.25, 0.3) is 0 Å². The summed E-state index contributed by atoms with van der Waals surface area (Å²) in [5, 5.41) is 0. The highest BCUT2D eigenvalue weighted by Crippen LogP contribution is 2.46. The summed E-state index contributed by atoms with van der Waals surface area (Å²) >= 11 is 3.63. The number of hydrogen-bond acceptors (Lipinski definition) is 6. The summed E-state index contributed by atoms with van der Waals surface area (Å²) in [6, 6.07) is 12.7. The van der Waals surface area contributed by atoms with E-state index >= 15 is 0 Å². The molecule has 2 fully saturated rings. The molecule has 0 bridgehead atoms. The van der Waals surface area contributed by atoms with Gasteiger partial charge in [0, 0.05) is 52.9 Å². The van der Waals surface area contributed by atoms with Gasteiger partial charge in [-0.1, -0.05) is 18.2 Å². The van der Waals surface area contributed by atoms with Gasteiger partial charge in [0.2, 0.25) is 0 Å². The fraction of sp³-hybridized carbons (Fsp3) is 0.353. The van der Waals surface area contributed by atoms with Crippen molar-refractivity contribution in [1.29, 1.82) is 0 Å². The van der Waals surface area contributed by atoms with Crippen LogP contribution < -0.4 is 10.3 Å². The first-order valence-corrected chi connectivity index (χ1v) is 8.83. The minimum Gasteiger partial charge on any atom is -0.357 e. The lowest BCUT2D eigenvalue weighted by Crippen LogP contribution is -2.55. The molecule has 1 aromatic heterocycles. The van der Waals surface area contributed by atoms with Gasteiger partial charge in [-0.2, -0.15) is 4.03 Å². The number of nitrogens with zero attached hydrogens (tertiary/aromatic N) is 4. The lowest BCUT2D eigenvalue weighted by Gasteiger charge is -2.39. The number of halogens is 1. The lowest BCUT2D eigenvalue weighted by atomic mass is 9.98. The summed E-state index contributed by atoms with van der Waals surface area (Å²) in [4.78, 5) is 9.02. The highest BCUT2D eigenvalue weighted by molar-refractivity contribution is 9.07. The van der Waals surface area contributed by atoms with E-state index in [1.165, 1.54) is 16.8 Å². The molecular weight excluding hydrogens is 370 g/mol. The third kappa shape index (κ3) is 2.06. The maximum absolute atomic E-state index is 6.07. The summed E-state index contributed by atoms with van der Waals surface area (Å²) in [5.41, 5.74) is 6.91. The standard InChI is InChI=1S/C17H18BrN5O/c18-23-12-22-15-4-2-1-3-14(15)16-21(9-10-24-16)11-17(22,20-23)13-5-7-19-8-6-13/h1-8,16,20H,9-12H2. The van der Waals surface area contributed by atoms with Crippen LogP contribution in [0.2, 0.25) is 0 Å². The highest BCUT2D eigenvalue weighted by atomic mass is 79.9. The van der Waals surface area contributed by atoms with Crippen molar-refractivity contribution in [2.45, 2.75) is 11.9 Å². The summed E-state index contributed by atoms with van der Waals surface area (Å²) in [5.74, 6) is 0. The smallest absolute Gasteiger partial charge is 0.145 e. The first-order valence-electron chi connectivity index (χ1n) is 8.12. The minimum absolute atomic E-state index is 0.0242. The Balaban J connectivity index is 1.74. The number of nitrogens with one attached hydrogen (secondary N) is 1. The van der Waals surface area contributed by atoms with Crippen molar-refractivity contribution in [3.63, 3.8) is 0 Å². The van der Waals surface area contributed by atoms with Crippen molar-refractivity contribution in [2.24, 2.45) is 0 Å². The third-order valence-corrected chi connectivity index (χ3v) is 5.50. The SMILES string of the molecule is BrN1CN2c3ccccc3C3OCCN3CC2(c2ccncc2)N1. The molecule has 124 valence electrons. The van der Waals surface area contributed by atoms with Gasteiger partial charge >= 0.3 is 0 Å². The summed E-state index contributed by atoms with van der Waals surface area (Å²) in [6.45, 7) is 3.27. The Morgan fingerprint density at radius 3 is 2.92 bits per heavy atom. The number of benzene rings is 1. The minimum atomic E-state index is -0.356. The molecule has 0 aliphatic carbocycles. The predicted molar refractivity (Wildman–Crippen MR) is 93.9 cm³/mol. The van der Waals surface area contributed by atoms with Gasteiger partial charge in [-0.25, -0.2) is 5.43 Å². The van der Waals surface area contributed by atoms with Gasteiger partial charge in [-0.15, -0.1) is 0 Å². The summed E-state index contributed by atoms with van der Waals surface area (Å²) in [7, 11) is 0. The molecule has 7 heteroatoms. The van der Waals surface area contributed by atoms with E-state index in [0.717, 1.165) is 26.4 Å². The van der Waals surface area contributed by atoms with Crippen LogP contribution in [0.4, 0.5) is 5.69 Å². The first-order chi connectivity index (χ1) is 11.8. The fourth-order valence-corrected chi connectivity index (χ4v) is 4.59. The molecule has 0 saturated carbocycles. The van der Waals surface area contributed by atoms with E-state index in [1.54, 1.807) is 0 Å². The lowest BCUT2D eigenvalue weighted by molar-refractivity contribution is 0.0229. The second-order valence-electron chi connectivity index (χ2n) is 6.39. The zero-order valence-electron chi connectivity index (χ0n) is 13.1. The van der Waals surface area contributed by atoms with E-state index in [2.05, 4.69) is 72.8 Å². The van der Waals surface area contributed by atoms with Gasteiger partial charge in [-0.05, 0) is 23.8 Å². The van der Waals surface area contributed by atoms with Crippen molar-refractivity contribution in [3.8, 4) is 0 Å². The van der Waals surface area contributed by atoms with E-state index in [4.69, 9.17) is 4.74 Å². The largest absolute Gasteiger partial charge is 0.357 e. The third-order valence-electron chi connectivity index (χ3n) is 5.10. The number of aromatic nitrogens is 1. The molecule has 5 rings (SSSR count). The van der Waals surface area contributed by atoms with Crippen molar-refractivity contribution in [1.82, 2.24) is 19.3 Å². The number of rotatable bonds is 1. The van der Waals surface area contributed by atoms with Crippen LogP contribution in [0.15, 0.2) is 48.8 Å². The molecule has 2 aromatic rings. The van der Waals surface area contributed by atoms with Crippen LogP contribution >= 0.6 is 16.1 Å². The maximum atomic E-state index is 6.07. The van der Waals surface area contributed by atoms with Crippen LogP contribution in [0, 0.1) is 0 Å². The number of anilines is 1. The molecule has 1 aromatic carbocycles. The Bertz CT molecular complexity index is 760. The zero-order valence-corrected chi connectivity index (χ0v) is 14.7. The molecule has 3 aliphatic rings. The quantitative estimate of drug-likeness (QED) is 0.756. The number of hydrogen-bond donors (Lipinski definition) is 1. The van der Waals surface area contributed by atoms with E-state index < -0.39 is 0 Å². The average Bonchev–Trinajstić information content (AvgIpc) is 3.18. The number of fused-ring (bicyclic) bond motifs is 5. The van der Waals surface area contributed by atoms with E-state index in [1.807, 2.05) is 16.4 Å². The number of para-hydroxylation sites is 1. The predicted octanol–water partition coefficient (Wildman–Crippen LogP) is 2.17. The Labute approximate surface area is 149 Å². The molecule has 0 amide bonds. The highest BCUT2D eigenvalue weighted by Gasteiger charge is 2.51. The van der Waals surface area contributed by atoms with Gasteiger partial charge in [0.05, 0.1) is 13.3 Å². The summed E-state index contributed by atoms with van der Waals surface area (Å²) < 4.78 is 8.04. The molecule has 2 unspecified atom stereocenters. The molecule has 6 nitrogen and oxygen atoms in total. The maximum Gasteiger partial charge on any atom is 0.145 e. The molecule has 4 heterocycles. The molecule has 0 radical (unpaired) electrons. The van der Waals surface area contributed by atoms with Crippen LogP contribution in [0.5, 0.6) is 0 Å². The second kappa shape index (κ2) is 5.50. The topological polar surface area (TPSA) is 43.9 Å². The van der Waals surface area contributed by atoms with Crippen molar-refractivity contribution in [3.05, 3.63) is 59.9 Å². The van der Waals surface area contributed by atoms with Gasteiger partial charge in [0.1, 0.15) is 11.9 Å². The number of hydrazine groups is 1. The molecule has 3 aliphatic heterocycles. The molecular formula is C17H18BrN5O. The monoisotopic (exact) mass is 387 g/mol. The Hall–Kier alpha value is -1.51. The van der Waals surface area contributed by atoms with Crippen molar-refractivity contribution >= 4 is 21.8 Å². The van der Waals surface area contributed by atoms with Crippen LogP contribution in [-0.4, -0.2) is 40.3 Å². The summed E-state index contributed by atoms with van der Waals surface area (Å²) in [6.07, 6.45) is 3.74.